The third kappa shape index (κ3) is 9.44. The van der Waals surface area contributed by atoms with Crippen LogP contribution in [0.15, 0.2) is 36.4 Å². The summed E-state index contributed by atoms with van der Waals surface area (Å²) < 4.78 is 9.32. The number of carbonyl (C=O) groups is 5. The predicted octanol–water partition coefficient (Wildman–Crippen LogP) is 8.85. The van der Waals surface area contributed by atoms with Gasteiger partial charge >= 0.3 is 6.09 Å². The molecule has 0 spiro atoms. The van der Waals surface area contributed by atoms with Crippen LogP contribution in [0, 0.1) is 11.8 Å². The number of hydrogen-bond donors (Lipinski definition) is 1. The third-order valence-corrected chi connectivity index (χ3v) is 12.9. The first kappa shape index (κ1) is 44.1. The van der Waals surface area contributed by atoms with Gasteiger partial charge in [0, 0.05) is 110 Å². The SMILES string of the molecule is CCCC(=O)n1c2c(c3cc(C(=O)N4CCC(C)CC4)ccc31)CN(C(=O)OC(C)(C)C)CC2.CCCC(=O)n1c2c(c3cc(C(=O)N4CCC(C)CC4)ccc31)CNCC2. The minimum absolute atomic E-state index is 0.0370. The number of rotatable bonds is 6. The number of piperidine rings is 2. The Kier molecular flexibility index (Phi) is 13.4. The average Bonchev–Trinajstić information content (AvgIpc) is 3.75. The Labute approximate surface area is 360 Å². The Hall–Kier alpha value is -4.97. The zero-order valence-electron chi connectivity index (χ0n) is 37.5. The number of ether oxygens (including phenoxy) is 1. The van der Waals surface area contributed by atoms with Gasteiger partial charge in [0.15, 0.2) is 0 Å². The molecule has 4 aliphatic heterocycles. The molecule has 0 unspecified atom stereocenters. The molecule has 12 heteroatoms. The highest BCUT2D eigenvalue weighted by atomic mass is 16.6. The van der Waals surface area contributed by atoms with Gasteiger partial charge in [0.25, 0.3) is 11.8 Å². The molecule has 0 radical (unpaired) electrons. The van der Waals surface area contributed by atoms with Crippen LogP contribution in [-0.4, -0.2) is 98.4 Å². The molecule has 328 valence electrons. The number of amides is 3. The van der Waals surface area contributed by atoms with Crippen molar-refractivity contribution in [3.63, 3.8) is 0 Å². The summed E-state index contributed by atoms with van der Waals surface area (Å²) in [6.45, 7) is 19.8. The van der Waals surface area contributed by atoms with Crippen molar-refractivity contribution in [3.05, 3.63) is 70.0 Å². The van der Waals surface area contributed by atoms with Crippen LogP contribution in [0.2, 0.25) is 0 Å². The van der Waals surface area contributed by atoms with Crippen LogP contribution in [0.3, 0.4) is 0 Å². The Balaban J connectivity index is 0.000000189. The number of benzene rings is 2. The van der Waals surface area contributed by atoms with E-state index in [1.807, 2.05) is 90.0 Å². The van der Waals surface area contributed by atoms with Gasteiger partial charge in [0.05, 0.1) is 17.6 Å². The van der Waals surface area contributed by atoms with E-state index >= 15 is 0 Å². The minimum atomic E-state index is -0.575. The summed E-state index contributed by atoms with van der Waals surface area (Å²) in [6.07, 6.45) is 7.90. The first-order valence-electron chi connectivity index (χ1n) is 22.8. The lowest BCUT2D eigenvalue weighted by atomic mass is 9.98. The molecule has 0 saturated carbocycles. The van der Waals surface area contributed by atoms with Crippen molar-refractivity contribution in [1.29, 1.82) is 0 Å². The molecule has 1 N–H and O–H groups in total. The zero-order valence-corrected chi connectivity index (χ0v) is 37.5. The van der Waals surface area contributed by atoms with Crippen LogP contribution >= 0.6 is 0 Å². The van der Waals surface area contributed by atoms with E-state index in [1.165, 1.54) is 5.56 Å². The van der Waals surface area contributed by atoms with Crippen molar-refractivity contribution >= 4 is 51.5 Å². The standard InChI is InChI=1S/C27H37N3O4.C22H29N3O2/c1-6-7-24(31)30-22-9-8-19(25(32)28-13-10-18(2)11-14-28)16-20(22)21-17-29(15-12-23(21)30)26(33)34-27(3,4)5;1-3-4-21(26)25-19-6-5-16(22(27)24-11-8-15(2)9-12-24)13-17(19)18-14-23-10-7-20(18)25/h8-9,16,18H,6-7,10-15,17H2,1-5H3;5-6,13,15,23H,3-4,7-12,14H2,1-2H3. The number of nitrogens with zero attached hydrogens (tertiary/aromatic N) is 5. The van der Waals surface area contributed by atoms with Crippen LogP contribution in [-0.2, 0) is 30.7 Å². The van der Waals surface area contributed by atoms with Gasteiger partial charge in [0.1, 0.15) is 5.60 Å². The van der Waals surface area contributed by atoms with E-state index in [1.54, 1.807) is 4.90 Å². The number of carbonyl (C=O) groups excluding carboxylic acids is 5. The highest BCUT2D eigenvalue weighted by Crippen LogP contribution is 2.34. The second-order valence-corrected chi connectivity index (χ2v) is 18.8. The fourth-order valence-electron chi connectivity index (χ4n) is 9.41. The maximum absolute atomic E-state index is 13.3. The van der Waals surface area contributed by atoms with E-state index in [0.717, 1.165) is 129 Å². The number of likely N-dealkylation sites (tertiary alicyclic amines) is 2. The molecule has 0 aliphatic carbocycles. The molecule has 2 fully saturated rings. The molecule has 8 rings (SSSR count). The van der Waals surface area contributed by atoms with Crippen LogP contribution in [0.5, 0.6) is 0 Å². The first-order chi connectivity index (χ1) is 29.2. The van der Waals surface area contributed by atoms with E-state index in [4.69, 9.17) is 4.74 Å². The maximum Gasteiger partial charge on any atom is 0.410 e. The summed E-state index contributed by atoms with van der Waals surface area (Å²) in [5.74, 6) is 1.73. The molecule has 0 bridgehead atoms. The molecule has 61 heavy (non-hydrogen) atoms. The van der Waals surface area contributed by atoms with E-state index in [2.05, 4.69) is 19.2 Å². The largest absolute Gasteiger partial charge is 0.444 e. The summed E-state index contributed by atoms with van der Waals surface area (Å²) in [6, 6.07) is 11.5. The molecule has 2 aromatic carbocycles. The molecule has 2 saturated heterocycles. The quantitative estimate of drug-likeness (QED) is 0.206. The van der Waals surface area contributed by atoms with Crippen molar-refractivity contribution in [2.24, 2.45) is 11.8 Å². The topological polar surface area (TPSA) is 126 Å². The lowest BCUT2D eigenvalue weighted by molar-refractivity contribution is 0.0223. The fourth-order valence-corrected chi connectivity index (χ4v) is 9.41. The lowest BCUT2D eigenvalue weighted by Gasteiger charge is -2.31. The monoisotopic (exact) mass is 835 g/mol. The smallest absolute Gasteiger partial charge is 0.410 e. The molecular formula is C49H66N6O6. The van der Waals surface area contributed by atoms with Gasteiger partial charge in [0.2, 0.25) is 11.8 Å². The molecule has 6 heterocycles. The molecular weight excluding hydrogens is 769 g/mol. The van der Waals surface area contributed by atoms with Crippen LogP contribution in [0.4, 0.5) is 4.79 Å². The number of nitrogens with one attached hydrogen (secondary N) is 1. The Morgan fingerprint density at radius 2 is 1.13 bits per heavy atom. The Morgan fingerprint density at radius 3 is 1.61 bits per heavy atom. The fraction of sp³-hybridized carbons (Fsp3) is 0.571. The maximum atomic E-state index is 13.3. The summed E-state index contributed by atoms with van der Waals surface area (Å²) in [7, 11) is 0. The second kappa shape index (κ2) is 18.6. The van der Waals surface area contributed by atoms with Gasteiger partial charge in [-0.15, -0.1) is 0 Å². The van der Waals surface area contributed by atoms with Crippen molar-refractivity contribution in [3.8, 4) is 0 Å². The predicted molar refractivity (Wildman–Crippen MR) is 239 cm³/mol. The second-order valence-electron chi connectivity index (χ2n) is 18.8. The zero-order chi connectivity index (χ0) is 43.6. The molecule has 12 nitrogen and oxygen atoms in total. The van der Waals surface area contributed by atoms with E-state index in [0.29, 0.717) is 49.8 Å². The first-order valence-corrected chi connectivity index (χ1v) is 22.8. The highest BCUT2D eigenvalue weighted by Gasteiger charge is 2.32. The third-order valence-electron chi connectivity index (χ3n) is 12.9. The van der Waals surface area contributed by atoms with Crippen molar-refractivity contribution in [1.82, 2.24) is 29.2 Å². The molecule has 4 aliphatic rings. The van der Waals surface area contributed by atoms with Gasteiger partial charge in [-0.3, -0.25) is 28.3 Å². The number of fused-ring (bicyclic) bond motifs is 6. The van der Waals surface area contributed by atoms with Crippen LogP contribution in [0.25, 0.3) is 21.8 Å². The lowest BCUT2D eigenvalue weighted by Crippen LogP contribution is -2.40. The molecule has 3 amide bonds. The Morgan fingerprint density at radius 1 is 0.656 bits per heavy atom. The number of hydrogen-bond acceptors (Lipinski definition) is 7. The van der Waals surface area contributed by atoms with Crippen molar-refractivity contribution in [2.45, 2.75) is 131 Å². The van der Waals surface area contributed by atoms with Gasteiger partial charge in [-0.1, -0.05) is 27.7 Å². The van der Waals surface area contributed by atoms with E-state index in [-0.39, 0.29) is 29.7 Å². The Bertz CT molecular complexity index is 2300. The normalized spacial score (nSPS) is 17.5. The van der Waals surface area contributed by atoms with Gasteiger partial charge < -0.3 is 24.8 Å². The van der Waals surface area contributed by atoms with Crippen LogP contribution in [0.1, 0.15) is 153 Å². The highest BCUT2D eigenvalue weighted by molar-refractivity contribution is 6.03. The van der Waals surface area contributed by atoms with Crippen LogP contribution < -0.4 is 5.32 Å². The van der Waals surface area contributed by atoms with Gasteiger partial charge in [-0.05, 0) is 113 Å². The molecule has 0 atom stereocenters. The molecule has 2 aromatic heterocycles. The molecule has 4 aromatic rings. The van der Waals surface area contributed by atoms with E-state index in [9.17, 15) is 24.0 Å². The minimum Gasteiger partial charge on any atom is -0.444 e. The van der Waals surface area contributed by atoms with Crippen molar-refractivity contribution in [2.75, 3.05) is 39.3 Å². The average molecular weight is 835 g/mol. The van der Waals surface area contributed by atoms with Crippen molar-refractivity contribution < 1.29 is 28.7 Å². The van der Waals surface area contributed by atoms with Gasteiger partial charge in [-0.2, -0.15) is 0 Å². The summed E-state index contributed by atoms with van der Waals surface area (Å²) >= 11 is 0. The summed E-state index contributed by atoms with van der Waals surface area (Å²) in [5.41, 5.74) is 6.77. The number of aromatic nitrogens is 2. The van der Waals surface area contributed by atoms with Gasteiger partial charge in [-0.25, -0.2) is 4.79 Å². The summed E-state index contributed by atoms with van der Waals surface area (Å²) in [4.78, 5) is 70.5. The van der Waals surface area contributed by atoms with E-state index < -0.39 is 5.60 Å². The summed E-state index contributed by atoms with van der Waals surface area (Å²) in [5, 5.41) is 5.35.